The molecule has 1 aliphatic rings. The summed E-state index contributed by atoms with van der Waals surface area (Å²) in [5, 5.41) is 0. The highest BCUT2D eigenvalue weighted by atomic mass is 16.5. The number of ketones is 1. The van der Waals surface area contributed by atoms with Crippen LogP contribution in [0.2, 0.25) is 0 Å². The fourth-order valence-electron chi connectivity index (χ4n) is 2.70. The molecule has 21 heavy (non-hydrogen) atoms. The van der Waals surface area contributed by atoms with Crippen LogP contribution in [0, 0.1) is 0 Å². The minimum atomic E-state index is 0.0116. The maximum absolute atomic E-state index is 12.1. The molecule has 1 fully saturated rings. The largest absolute Gasteiger partial charge is 0.484 e. The van der Waals surface area contributed by atoms with Crippen molar-refractivity contribution < 1.29 is 14.3 Å². The van der Waals surface area contributed by atoms with Gasteiger partial charge < -0.3 is 9.64 Å². The molecule has 1 aromatic rings. The molecule has 4 nitrogen and oxygen atoms in total. The number of nitrogens with zero attached hydrogens (tertiary/aromatic N) is 1. The second kappa shape index (κ2) is 7.25. The molecule has 0 aliphatic heterocycles. The van der Waals surface area contributed by atoms with Crippen molar-refractivity contribution >= 4 is 11.7 Å². The molecular formula is C17H23NO3. The quantitative estimate of drug-likeness (QED) is 0.783. The van der Waals surface area contributed by atoms with E-state index in [9.17, 15) is 9.59 Å². The third-order valence-corrected chi connectivity index (χ3v) is 4.14. The molecule has 0 radical (unpaired) electrons. The molecule has 0 heterocycles. The summed E-state index contributed by atoms with van der Waals surface area (Å²) in [4.78, 5) is 25.1. The molecule has 0 aromatic heterocycles. The number of benzene rings is 1. The van der Waals surface area contributed by atoms with E-state index in [-0.39, 0.29) is 18.3 Å². The highest BCUT2D eigenvalue weighted by Crippen LogP contribution is 2.21. The lowest BCUT2D eigenvalue weighted by atomic mass is 9.94. The topological polar surface area (TPSA) is 46.6 Å². The van der Waals surface area contributed by atoms with Crippen LogP contribution >= 0.6 is 0 Å². The Labute approximate surface area is 126 Å². The van der Waals surface area contributed by atoms with E-state index in [1.807, 2.05) is 11.9 Å². The average Bonchev–Trinajstić information content (AvgIpc) is 2.53. The molecule has 1 aliphatic carbocycles. The van der Waals surface area contributed by atoms with Gasteiger partial charge in [0.2, 0.25) is 0 Å². The zero-order valence-corrected chi connectivity index (χ0v) is 12.8. The van der Waals surface area contributed by atoms with Crippen LogP contribution in [-0.4, -0.2) is 36.3 Å². The molecule has 1 amide bonds. The lowest BCUT2D eigenvalue weighted by Crippen LogP contribution is -2.40. The first-order valence-electron chi connectivity index (χ1n) is 7.57. The molecule has 4 heteroatoms. The van der Waals surface area contributed by atoms with E-state index in [4.69, 9.17) is 4.74 Å². The molecule has 0 N–H and O–H groups in total. The van der Waals surface area contributed by atoms with E-state index in [0.29, 0.717) is 17.4 Å². The van der Waals surface area contributed by atoms with Gasteiger partial charge in [0, 0.05) is 18.7 Å². The van der Waals surface area contributed by atoms with Crippen LogP contribution in [0.4, 0.5) is 0 Å². The van der Waals surface area contributed by atoms with E-state index in [2.05, 4.69) is 0 Å². The molecule has 2 rings (SSSR count). The van der Waals surface area contributed by atoms with Gasteiger partial charge in [0.25, 0.3) is 5.91 Å². The molecular weight excluding hydrogens is 266 g/mol. The zero-order valence-electron chi connectivity index (χ0n) is 12.8. The second-order valence-electron chi connectivity index (χ2n) is 5.67. The smallest absolute Gasteiger partial charge is 0.260 e. The van der Waals surface area contributed by atoms with Crippen molar-refractivity contribution in [1.82, 2.24) is 4.90 Å². The molecule has 0 atom stereocenters. The number of hydrogen-bond acceptors (Lipinski definition) is 3. The third kappa shape index (κ3) is 4.31. The Kier molecular flexibility index (Phi) is 5.37. The molecule has 0 spiro atoms. The first-order valence-corrected chi connectivity index (χ1v) is 7.57. The maximum atomic E-state index is 12.1. The lowest BCUT2D eigenvalue weighted by molar-refractivity contribution is -0.134. The maximum Gasteiger partial charge on any atom is 0.260 e. The SMILES string of the molecule is CC(=O)c1ccc(OCC(=O)N(C)C2CCCCC2)cc1. The summed E-state index contributed by atoms with van der Waals surface area (Å²) in [5.41, 5.74) is 0.646. The fourth-order valence-corrected chi connectivity index (χ4v) is 2.70. The Bertz CT molecular complexity index is 489. The summed E-state index contributed by atoms with van der Waals surface area (Å²) in [6.07, 6.45) is 5.87. The fraction of sp³-hybridized carbons (Fsp3) is 0.529. The lowest BCUT2D eigenvalue weighted by Gasteiger charge is -2.31. The minimum absolute atomic E-state index is 0.0116. The molecule has 1 aromatic carbocycles. The predicted molar refractivity (Wildman–Crippen MR) is 81.6 cm³/mol. The normalized spacial score (nSPS) is 15.5. The molecule has 0 bridgehead atoms. The predicted octanol–water partition coefficient (Wildman–Crippen LogP) is 3.06. The summed E-state index contributed by atoms with van der Waals surface area (Å²) >= 11 is 0. The Morgan fingerprint density at radius 2 is 1.76 bits per heavy atom. The Hall–Kier alpha value is -1.84. The summed E-state index contributed by atoms with van der Waals surface area (Å²) in [6, 6.07) is 7.24. The van der Waals surface area contributed by atoms with Crippen molar-refractivity contribution in [1.29, 1.82) is 0 Å². The number of ether oxygens (including phenoxy) is 1. The van der Waals surface area contributed by atoms with Gasteiger partial charge in [0.1, 0.15) is 5.75 Å². The van der Waals surface area contributed by atoms with Crippen LogP contribution in [0.25, 0.3) is 0 Å². The van der Waals surface area contributed by atoms with Crippen molar-refractivity contribution in [3.05, 3.63) is 29.8 Å². The number of carbonyl (C=O) groups is 2. The molecule has 0 saturated heterocycles. The highest BCUT2D eigenvalue weighted by molar-refractivity contribution is 5.94. The zero-order chi connectivity index (χ0) is 15.2. The van der Waals surface area contributed by atoms with Crippen molar-refractivity contribution in [2.45, 2.75) is 45.1 Å². The van der Waals surface area contributed by atoms with E-state index >= 15 is 0 Å². The number of rotatable bonds is 5. The molecule has 1 saturated carbocycles. The number of hydrogen-bond donors (Lipinski definition) is 0. The van der Waals surface area contributed by atoms with Gasteiger partial charge in [-0.05, 0) is 44.0 Å². The van der Waals surface area contributed by atoms with Crippen molar-refractivity contribution in [2.75, 3.05) is 13.7 Å². The Morgan fingerprint density at radius 1 is 1.14 bits per heavy atom. The average molecular weight is 289 g/mol. The van der Waals surface area contributed by atoms with Gasteiger partial charge in [-0.25, -0.2) is 0 Å². The van der Waals surface area contributed by atoms with Gasteiger partial charge in [-0.15, -0.1) is 0 Å². The second-order valence-corrected chi connectivity index (χ2v) is 5.67. The van der Waals surface area contributed by atoms with Crippen LogP contribution in [-0.2, 0) is 4.79 Å². The van der Waals surface area contributed by atoms with Crippen LogP contribution in [0.3, 0.4) is 0 Å². The number of likely N-dealkylation sites (N-methyl/N-ethyl adjacent to an activating group) is 1. The number of carbonyl (C=O) groups excluding carboxylic acids is 2. The third-order valence-electron chi connectivity index (χ3n) is 4.14. The van der Waals surface area contributed by atoms with Crippen molar-refractivity contribution in [3.8, 4) is 5.75 Å². The van der Waals surface area contributed by atoms with E-state index in [0.717, 1.165) is 12.8 Å². The Balaban J connectivity index is 1.83. The highest BCUT2D eigenvalue weighted by Gasteiger charge is 2.22. The van der Waals surface area contributed by atoms with E-state index in [1.54, 1.807) is 24.3 Å². The summed E-state index contributed by atoms with van der Waals surface area (Å²) < 4.78 is 5.51. The summed E-state index contributed by atoms with van der Waals surface area (Å²) in [6.45, 7) is 1.57. The van der Waals surface area contributed by atoms with E-state index < -0.39 is 0 Å². The van der Waals surface area contributed by atoms with E-state index in [1.165, 1.54) is 26.2 Å². The first-order chi connectivity index (χ1) is 10.1. The van der Waals surface area contributed by atoms with Crippen LogP contribution in [0.15, 0.2) is 24.3 Å². The van der Waals surface area contributed by atoms with Crippen molar-refractivity contribution in [2.24, 2.45) is 0 Å². The number of amides is 1. The first kappa shape index (κ1) is 15.5. The van der Waals surface area contributed by atoms with Gasteiger partial charge in [-0.3, -0.25) is 9.59 Å². The minimum Gasteiger partial charge on any atom is -0.484 e. The Morgan fingerprint density at radius 3 is 2.33 bits per heavy atom. The number of Topliss-reactive ketones (excluding diaryl/α,β-unsaturated/α-hetero) is 1. The van der Waals surface area contributed by atoms with Gasteiger partial charge >= 0.3 is 0 Å². The molecule has 114 valence electrons. The van der Waals surface area contributed by atoms with Gasteiger partial charge in [-0.1, -0.05) is 19.3 Å². The standard InChI is InChI=1S/C17H23NO3/c1-13(19)14-8-10-16(11-9-14)21-12-17(20)18(2)15-6-4-3-5-7-15/h8-11,15H,3-7,12H2,1-2H3. The summed E-state index contributed by atoms with van der Waals surface area (Å²) in [5.74, 6) is 0.651. The van der Waals surface area contributed by atoms with Crippen LogP contribution < -0.4 is 4.74 Å². The summed E-state index contributed by atoms with van der Waals surface area (Å²) in [7, 11) is 1.86. The van der Waals surface area contributed by atoms with Gasteiger partial charge in [0.05, 0.1) is 0 Å². The van der Waals surface area contributed by atoms with Gasteiger partial charge in [0.15, 0.2) is 12.4 Å². The van der Waals surface area contributed by atoms with Crippen molar-refractivity contribution in [3.63, 3.8) is 0 Å². The van der Waals surface area contributed by atoms with Gasteiger partial charge in [-0.2, -0.15) is 0 Å². The van der Waals surface area contributed by atoms with Crippen LogP contribution in [0.5, 0.6) is 5.75 Å². The van der Waals surface area contributed by atoms with Crippen LogP contribution in [0.1, 0.15) is 49.4 Å². The monoisotopic (exact) mass is 289 g/mol. The molecule has 0 unspecified atom stereocenters.